The Labute approximate surface area is 168 Å². The molecule has 0 unspecified atom stereocenters. The third-order valence-electron chi connectivity index (χ3n) is 5.32. The molecule has 0 bridgehead atoms. The van der Waals surface area contributed by atoms with Gasteiger partial charge in [0, 0.05) is 36.0 Å². The molecule has 2 atom stereocenters. The summed E-state index contributed by atoms with van der Waals surface area (Å²) in [6, 6.07) is 12.5. The third kappa shape index (κ3) is 3.50. The van der Waals surface area contributed by atoms with E-state index in [1.165, 1.54) is 7.11 Å². The van der Waals surface area contributed by atoms with E-state index in [1.54, 1.807) is 6.92 Å². The number of carbonyl (C=O) groups is 2. The van der Waals surface area contributed by atoms with Gasteiger partial charge in [0.2, 0.25) is 0 Å². The van der Waals surface area contributed by atoms with Gasteiger partial charge in [-0.05, 0) is 18.6 Å². The van der Waals surface area contributed by atoms with Crippen molar-refractivity contribution in [3.63, 3.8) is 0 Å². The first kappa shape index (κ1) is 19.2. The number of para-hydroxylation sites is 1. The normalized spacial score (nSPS) is 19.2. The zero-order valence-electron chi connectivity index (χ0n) is 16.2. The second kappa shape index (κ2) is 7.69. The van der Waals surface area contributed by atoms with Crippen LogP contribution in [0.4, 0.5) is 5.69 Å². The molecular weight excluding hydrogens is 372 g/mol. The maximum absolute atomic E-state index is 12.5. The highest BCUT2D eigenvalue weighted by Gasteiger charge is 2.32. The second-order valence-electron chi connectivity index (χ2n) is 7.12. The van der Waals surface area contributed by atoms with E-state index in [4.69, 9.17) is 9.47 Å². The number of carbonyl (C=O) groups excluding carboxylic acids is 1. The van der Waals surface area contributed by atoms with Crippen molar-refractivity contribution in [3.8, 4) is 0 Å². The molecule has 3 N–H and O–H groups in total. The topological polar surface area (TPSA) is 96.9 Å². The maximum Gasteiger partial charge on any atom is 0.323 e. The van der Waals surface area contributed by atoms with Crippen molar-refractivity contribution in [3.05, 3.63) is 64.7 Å². The molecule has 0 saturated carbocycles. The van der Waals surface area contributed by atoms with Gasteiger partial charge >= 0.3 is 5.97 Å². The minimum Gasteiger partial charge on any atom is -0.487 e. The molecule has 0 saturated heterocycles. The van der Waals surface area contributed by atoms with Gasteiger partial charge in [-0.15, -0.1) is 0 Å². The van der Waals surface area contributed by atoms with Gasteiger partial charge in [0.1, 0.15) is 18.4 Å². The highest BCUT2D eigenvalue weighted by molar-refractivity contribution is 6.36. The lowest BCUT2D eigenvalue weighted by molar-refractivity contribution is -0.142. The second-order valence-corrected chi connectivity index (χ2v) is 7.12. The van der Waals surface area contributed by atoms with Gasteiger partial charge in [-0.1, -0.05) is 36.4 Å². The lowest BCUT2D eigenvalue weighted by Gasteiger charge is -2.20. The molecule has 0 aliphatic carbocycles. The van der Waals surface area contributed by atoms with Gasteiger partial charge in [0.05, 0.1) is 11.7 Å². The van der Waals surface area contributed by atoms with E-state index in [0.29, 0.717) is 24.5 Å². The first-order valence-corrected chi connectivity index (χ1v) is 9.38. The van der Waals surface area contributed by atoms with E-state index in [1.807, 2.05) is 42.5 Å². The molecule has 2 heterocycles. The molecule has 2 aromatic rings. The Hall–Kier alpha value is -3.16. The van der Waals surface area contributed by atoms with Crippen molar-refractivity contribution in [2.45, 2.75) is 32.2 Å². The van der Waals surface area contributed by atoms with E-state index in [2.05, 4.69) is 10.6 Å². The molecule has 0 radical (unpaired) electrons. The minimum atomic E-state index is -0.957. The number of carboxylic acids is 1. The fourth-order valence-electron chi connectivity index (χ4n) is 3.69. The molecule has 0 spiro atoms. The van der Waals surface area contributed by atoms with Crippen molar-refractivity contribution in [2.24, 2.45) is 0 Å². The number of hydrogen-bond acceptors (Lipinski definition) is 5. The van der Waals surface area contributed by atoms with Crippen LogP contribution in [0.3, 0.4) is 0 Å². The summed E-state index contributed by atoms with van der Waals surface area (Å²) in [4.78, 5) is 23.9. The standard InChI is InChI=1S/C22H22N2O5/c1-12(28-2)19(22(26)27)23-10-13-7-8-15-14(9-13)11-29-20(15)18-16-5-3-4-6-17(16)24-21(18)25/h3-9,12,19,23H,10-11H2,1-2H3,(H,24,25)(H,26,27)/t12-,19+/m1/s1. The summed E-state index contributed by atoms with van der Waals surface area (Å²) in [6.45, 7) is 2.47. The van der Waals surface area contributed by atoms with E-state index >= 15 is 0 Å². The predicted molar refractivity (Wildman–Crippen MR) is 108 cm³/mol. The molecule has 4 rings (SSSR count). The number of ether oxygens (including phenoxy) is 2. The average molecular weight is 394 g/mol. The van der Waals surface area contributed by atoms with E-state index in [9.17, 15) is 14.7 Å². The molecule has 1 amide bonds. The number of rotatable bonds is 6. The summed E-state index contributed by atoms with van der Waals surface area (Å²) in [7, 11) is 1.49. The number of amides is 1. The Bertz CT molecular complexity index is 1010. The van der Waals surface area contributed by atoms with Crippen LogP contribution in [-0.4, -0.2) is 36.2 Å². The molecule has 7 heteroatoms. The quantitative estimate of drug-likeness (QED) is 0.652. The van der Waals surface area contributed by atoms with Gasteiger partial charge in [0.15, 0.2) is 0 Å². The summed E-state index contributed by atoms with van der Waals surface area (Å²) in [5.41, 5.74) is 4.95. The molecule has 2 aliphatic heterocycles. The summed E-state index contributed by atoms with van der Waals surface area (Å²) in [5.74, 6) is -0.544. The van der Waals surface area contributed by atoms with Crippen LogP contribution in [-0.2, 0) is 32.2 Å². The number of benzene rings is 2. The van der Waals surface area contributed by atoms with Crippen molar-refractivity contribution in [1.82, 2.24) is 5.32 Å². The first-order valence-electron chi connectivity index (χ1n) is 9.38. The smallest absolute Gasteiger partial charge is 0.323 e. The minimum absolute atomic E-state index is 0.169. The van der Waals surface area contributed by atoms with Crippen molar-refractivity contribution in [2.75, 3.05) is 12.4 Å². The Morgan fingerprint density at radius 2 is 2.07 bits per heavy atom. The number of carboxylic acid groups (broad SMARTS) is 1. The van der Waals surface area contributed by atoms with E-state index < -0.39 is 18.1 Å². The lowest BCUT2D eigenvalue weighted by Crippen LogP contribution is -2.45. The van der Waals surface area contributed by atoms with Crippen LogP contribution >= 0.6 is 0 Å². The Balaban J connectivity index is 1.59. The Kier molecular flexibility index (Phi) is 5.08. The fraction of sp³-hybridized carbons (Fsp3) is 0.273. The molecule has 0 fully saturated rings. The van der Waals surface area contributed by atoms with Crippen LogP contribution in [0.25, 0.3) is 11.3 Å². The molecule has 150 valence electrons. The van der Waals surface area contributed by atoms with Crippen LogP contribution in [0.5, 0.6) is 0 Å². The molecule has 0 aromatic heterocycles. The van der Waals surface area contributed by atoms with Gasteiger partial charge in [-0.25, -0.2) is 0 Å². The Morgan fingerprint density at radius 1 is 1.28 bits per heavy atom. The van der Waals surface area contributed by atoms with Crippen LogP contribution < -0.4 is 10.6 Å². The van der Waals surface area contributed by atoms with Crippen LogP contribution in [0, 0.1) is 0 Å². The predicted octanol–water partition coefficient (Wildman–Crippen LogP) is 2.61. The fourth-order valence-corrected chi connectivity index (χ4v) is 3.69. The summed E-state index contributed by atoms with van der Waals surface area (Å²) < 4.78 is 11.0. The number of anilines is 1. The van der Waals surface area contributed by atoms with Gasteiger partial charge in [-0.2, -0.15) is 0 Å². The highest BCUT2D eigenvalue weighted by atomic mass is 16.5. The van der Waals surface area contributed by atoms with Crippen LogP contribution in [0.15, 0.2) is 42.5 Å². The summed E-state index contributed by atoms with van der Waals surface area (Å²) in [5, 5.41) is 15.3. The zero-order valence-corrected chi connectivity index (χ0v) is 16.2. The average Bonchev–Trinajstić information content (AvgIpc) is 3.26. The lowest BCUT2D eigenvalue weighted by atomic mass is 9.99. The monoisotopic (exact) mass is 394 g/mol. The summed E-state index contributed by atoms with van der Waals surface area (Å²) in [6.07, 6.45) is -0.456. The largest absolute Gasteiger partial charge is 0.487 e. The number of methoxy groups -OCH3 is 1. The summed E-state index contributed by atoms with van der Waals surface area (Å²) >= 11 is 0. The van der Waals surface area contributed by atoms with Crippen molar-refractivity contribution < 1.29 is 24.2 Å². The molecule has 2 aromatic carbocycles. The van der Waals surface area contributed by atoms with Crippen LogP contribution in [0.1, 0.15) is 29.2 Å². The first-order chi connectivity index (χ1) is 14.0. The zero-order chi connectivity index (χ0) is 20.5. The third-order valence-corrected chi connectivity index (χ3v) is 5.32. The van der Waals surface area contributed by atoms with Crippen LogP contribution in [0.2, 0.25) is 0 Å². The van der Waals surface area contributed by atoms with Gasteiger partial charge < -0.3 is 19.9 Å². The number of fused-ring (bicyclic) bond motifs is 2. The van der Waals surface area contributed by atoms with E-state index in [0.717, 1.165) is 27.9 Å². The molecule has 29 heavy (non-hydrogen) atoms. The van der Waals surface area contributed by atoms with Crippen molar-refractivity contribution >= 4 is 28.9 Å². The molecule has 7 nitrogen and oxygen atoms in total. The van der Waals surface area contributed by atoms with Gasteiger partial charge in [-0.3, -0.25) is 14.9 Å². The SMILES string of the molecule is CO[C@H](C)[C@H](NCc1ccc2c(c1)COC2=C1C(=O)Nc2ccccc21)C(=O)O. The van der Waals surface area contributed by atoms with Gasteiger partial charge in [0.25, 0.3) is 5.91 Å². The number of aliphatic carboxylic acids is 1. The molecular formula is C22H22N2O5. The Morgan fingerprint density at radius 3 is 2.83 bits per heavy atom. The number of nitrogens with one attached hydrogen (secondary N) is 2. The highest BCUT2D eigenvalue weighted by Crippen LogP contribution is 2.41. The maximum atomic E-state index is 12.5. The van der Waals surface area contributed by atoms with E-state index in [-0.39, 0.29) is 5.91 Å². The van der Waals surface area contributed by atoms with Crippen molar-refractivity contribution in [1.29, 1.82) is 0 Å². The molecule has 2 aliphatic rings. The number of hydrogen-bond donors (Lipinski definition) is 3.